The van der Waals surface area contributed by atoms with Crippen LogP contribution >= 0.6 is 23.2 Å². The molecule has 0 fully saturated rings. The number of allylic oxidation sites excluding steroid dienone is 2. The highest BCUT2D eigenvalue weighted by Gasteiger charge is 2.40. The third-order valence-electron chi connectivity index (χ3n) is 5.10. The summed E-state index contributed by atoms with van der Waals surface area (Å²) in [5, 5.41) is 4.81. The van der Waals surface area contributed by atoms with Crippen LogP contribution in [0.2, 0.25) is 10.0 Å². The predicted molar refractivity (Wildman–Crippen MR) is 101 cm³/mol. The van der Waals surface area contributed by atoms with Gasteiger partial charge in [0.1, 0.15) is 0 Å². The number of carbonyl (C=O) groups excluding carboxylic acids is 1. The average Bonchev–Trinajstić information content (AvgIpc) is 3.10. The van der Waals surface area contributed by atoms with Crippen molar-refractivity contribution in [1.29, 1.82) is 0 Å². The highest BCUT2D eigenvalue weighted by Crippen LogP contribution is 2.51. The minimum atomic E-state index is -0.342. The molecule has 25 heavy (non-hydrogen) atoms. The second-order valence-corrected chi connectivity index (χ2v) is 7.25. The number of carbonyl (C=O) groups is 1. The number of nitrogens with one attached hydrogen (secondary N) is 1. The van der Waals surface area contributed by atoms with E-state index in [1.807, 2.05) is 18.2 Å². The molecular weight excluding hydrogens is 357 g/mol. The van der Waals surface area contributed by atoms with E-state index in [4.69, 9.17) is 27.9 Å². The van der Waals surface area contributed by atoms with Crippen molar-refractivity contribution in [3.05, 3.63) is 75.3 Å². The summed E-state index contributed by atoms with van der Waals surface area (Å²) in [5.41, 5.74) is 3.50. The van der Waals surface area contributed by atoms with Gasteiger partial charge in [0.25, 0.3) is 0 Å². The van der Waals surface area contributed by atoms with Crippen LogP contribution in [0.25, 0.3) is 0 Å². The summed E-state index contributed by atoms with van der Waals surface area (Å²) in [6.07, 6.45) is 5.39. The Morgan fingerprint density at radius 3 is 2.80 bits per heavy atom. The molecule has 128 valence electrons. The molecule has 0 saturated heterocycles. The molecule has 4 rings (SSSR count). The van der Waals surface area contributed by atoms with Crippen LogP contribution in [0.5, 0.6) is 0 Å². The molecule has 0 aromatic heterocycles. The number of esters is 1. The molecule has 1 heterocycles. The quantitative estimate of drug-likeness (QED) is 0.549. The van der Waals surface area contributed by atoms with Crippen molar-refractivity contribution in [3.8, 4) is 0 Å². The lowest BCUT2D eigenvalue weighted by Gasteiger charge is -2.38. The van der Waals surface area contributed by atoms with Crippen LogP contribution in [-0.4, -0.2) is 13.1 Å². The van der Waals surface area contributed by atoms with E-state index < -0.39 is 0 Å². The molecule has 0 radical (unpaired) electrons. The Morgan fingerprint density at radius 1 is 1.20 bits per heavy atom. The Morgan fingerprint density at radius 2 is 2.04 bits per heavy atom. The summed E-state index contributed by atoms with van der Waals surface area (Å²) in [6, 6.07) is 11.3. The Balaban J connectivity index is 1.84. The maximum atomic E-state index is 12.2. The Kier molecular flexibility index (Phi) is 4.22. The minimum Gasteiger partial charge on any atom is -0.465 e. The molecule has 3 nitrogen and oxygen atoms in total. The largest absolute Gasteiger partial charge is 0.465 e. The van der Waals surface area contributed by atoms with Crippen molar-refractivity contribution in [2.75, 3.05) is 12.4 Å². The van der Waals surface area contributed by atoms with Gasteiger partial charge < -0.3 is 10.1 Å². The van der Waals surface area contributed by atoms with E-state index in [0.717, 1.165) is 23.2 Å². The molecule has 2 aromatic rings. The van der Waals surface area contributed by atoms with Crippen molar-refractivity contribution in [3.63, 3.8) is 0 Å². The fourth-order valence-electron chi connectivity index (χ4n) is 3.96. The lowest BCUT2D eigenvalue weighted by atomic mass is 9.76. The standard InChI is InChI=1S/C20H17Cl2NO2/c1-25-20(24)16-7-3-6-14-12-4-2-5-13(12)18(23-19(14)16)15-9-8-11(21)10-17(15)22/h2-4,6-10,12-13,18,23H,5H2,1H3/t12-,13-,18-/m1/s1. The number of hydrogen-bond donors (Lipinski definition) is 1. The first-order valence-corrected chi connectivity index (χ1v) is 8.95. The van der Waals surface area contributed by atoms with Gasteiger partial charge in [0, 0.05) is 16.0 Å². The van der Waals surface area contributed by atoms with Gasteiger partial charge in [-0.2, -0.15) is 0 Å². The van der Waals surface area contributed by atoms with E-state index in [1.54, 1.807) is 12.1 Å². The van der Waals surface area contributed by atoms with Crippen molar-refractivity contribution in [2.45, 2.75) is 18.4 Å². The van der Waals surface area contributed by atoms with Crippen molar-refractivity contribution in [1.82, 2.24) is 0 Å². The lowest BCUT2D eigenvalue weighted by molar-refractivity contribution is 0.0601. The highest BCUT2D eigenvalue weighted by molar-refractivity contribution is 6.35. The molecule has 0 unspecified atom stereocenters. The second-order valence-electron chi connectivity index (χ2n) is 6.40. The maximum Gasteiger partial charge on any atom is 0.339 e. The molecule has 0 bridgehead atoms. The second kappa shape index (κ2) is 6.40. The monoisotopic (exact) mass is 373 g/mol. The summed E-state index contributed by atoms with van der Waals surface area (Å²) in [7, 11) is 1.40. The summed E-state index contributed by atoms with van der Waals surface area (Å²) in [4.78, 5) is 12.2. The number of methoxy groups -OCH3 is 1. The topological polar surface area (TPSA) is 38.3 Å². The van der Waals surface area contributed by atoms with Gasteiger partial charge in [-0.05, 0) is 41.7 Å². The van der Waals surface area contributed by atoms with Gasteiger partial charge >= 0.3 is 5.97 Å². The van der Waals surface area contributed by atoms with Crippen LogP contribution in [0, 0.1) is 5.92 Å². The van der Waals surface area contributed by atoms with E-state index in [1.165, 1.54) is 7.11 Å². The van der Waals surface area contributed by atoms with Crippen molar-refractivity contribution in [2.24, 2.45) is 5.92 Å². The fraction of sp³-hybridized carbons (Fsp3) is 0.250. The maximum absolute atomic E-state index is 12.2. The molecule has 0 spiro atoms. The summed E-state index contributed by atoms with van der Waals surface area (Å²) in [6.45, 7) is 0. The summed E-state index contributed by atoms with van der Waals surface area (Å²) >= 11 is 12.5. The number of para-hydroxylation sites is 1. The van der Waals surface area contributed by atoms with E-state index in [-0.39, 0.29) is 17.9 Å². The zero-order valence-corrected chi connectivity index (χ0v) is 15.1. The average molecular weight is 374 g/mol. The van der Waals surface area contributed by atoms with Crippen LogP contribution in [0.4, 0.5) is 5.69 Å². The molecule has 0 saturated carbocycles. The normalized spacial score (nSPS) is 23.6. The van der Waals surface area contributed by atoms with Crippen molar-refractivity contribution >= 4 is 34.9 Å². The summed E-state index contributed by atoms with van der Waals surface area (Å²) in [5.74, 6) is 0.252. The number of ether oxygens (including phenoxy) is 1. The van der Waals surface area contributed by atoms with Gasteiger partial charge in [0.15, 0.2) is 0 Å². The van der Waals surface area contributed by atoms with Crippen LogP contribution in [0.15, 0.2) is 48.6 Å². The highest BCUT2D eigenvalue weighted by atomic mass is 35.5. The molecule has 2 aliphatic rings. The van der Waals surface area contributed by atoms with Gasteiger partial charge in [0.05, 0.1) is 24.4 Å². The molecule has 1 N–H and O–H groups in total. The molecule has 1 aliphatic carbocycles. The lowest BCUT2D eigenvalue weighted by Crippen LogP contribution is -2.30. The molecule has 1 aliphatic heterocycles. The fourth-order valence-corrected chi connectivity index (χ4v) is 4.49. The minimum absolute atomic E-state index is 0.00285. The van der Waals surface area contributed by atoms with Gasteiger partial charge in [0.2, 0.25) is 0 Å². The smallest absolute Gasteiger partial charge is 0.339 e. The first-order valence-electron chi connectivity index (χ1n) is 8.19. The van der Waals surface area contributed by atoms with Crippen LogP contribution < -0.4 is 5.32 Å². The van der Waals surface area contributed by atoms with Crippen LogP contribution in [0.1, 0.15) is 39.9 Å². The molecule has 2 aromatic carbocycles. The Hall–Kier alpha value is -1.97. The Labute approximate surface area is 156 Å². The van der Waals surface area contributed by atoms with Crippen LogP contribution in [0.3, 0.4) is 0 Å². The zero-order chi connectivity index (χ0) is 17.6. The number of hydrogen-bond acceptors (Lipinski definition) is 3. The van der Waals surface area contributed by atoms with Crippen LogP contribution in [-0.2, 0) is 4.74 Å². The first kappa shape index (κ1) is 16.5. The van der Waals surface area contributed by atoms with E-state index in [0.29, 0.717) is 21.5 Å². The first-order chi connectivity index (χ1) is 12.1. The summed E-state index contributed by atoms with van der Waals surface area (Å²) < 4.78 is 4.95. The van der Waals surface area contributed by atoms with Gasteiger partial charge in [-0.15, -0.1) is 0 Å². The van der Waals surface area contributed by atoms with Gasteiger partial charge in [-0.1, -0.05) is 53.6 Å². The van der Waals surface area contributed by atoms with E-state index >= 15 is 0 Å². The third-order valence-corrected chi connectivity index (χ3v) is 5.66. The number of halogens is 2. The number of anilines is 1. The molecular formula is C20H17Cl2NO2. The Bertz CT molecular complexity index is 878. The molecule has 3 atom stereocenters. The van der Waals surface area contributed by atoms with Crippen molar-refractivity contribution < 1.29 is 9.53 Å². The van der Waals surface area contributed by atoms with E-state index in [2.05, 4.69) is 23.5 Å². The van der Waals surface area contributed by atoms with E-state index in [9.17, 15) is 4.79 Å². The number of rotatable bonds is 2. The zero-order valence-electron chi connectivity index (χ0n) is 13.6. The van der Waals surface area contributed by atoms with Gasteiger partial charge in [-0.25, -0.2) is 4.79 Å². The number of fused-ring (bicyclic) bond motifs is 3. The predicted octanol–water partition coefficient (Wildman–Crippen LogP) is 5.61. The molecule has 5 heteroatoms. The number of benzene rings is 2. The van der Waals surface area contributed by atoms with Gasteiger partial charge in [-0.3, -0.25) is 0 Å². The third kappa shape index (κ3) is 2.72. The SMILES string of the molecule is COC(=O)c1cccc2c1N[C@@H](c1ccc(Cl)cc1Cl)[C@@H]1CC=C[C@@H]21. The molecule has 0 amide bonds.